The average Bonchev–Trinajstić information content (AvgIpc) is 2.30. The molecule has 3 heteroatoms. The second-order valence-electron chi connectivity index (χ2n) is 4.01. The molecule has 0 heterocycles. The van der Waals surface area contributed by atoms with E-state index < -0.39 is 6.10 Å². The predicted octanol–water partition coefficient (Wildman–Crippen LogP) is 3.02. The molecule has 1 rings (SSSR count). The largest absolute Gasteiger partial charge is 0.479 e. The third-order valence-corrected chi connectivity index (χ3v) is 2.68. The van der Waals surface area contributed by atoms with Gasteiger partial charge in [0.2, 0.25) is 0 Å². The zero-order valence-corrected chi connectivity index (χ0v) is 10.9. The van der Waals surface area contributed by atoms with E-state index in [9.17, 15) is 4.79 Å². The topological polar surface area (TPSA) is 35.5 Å². The first-order valence-electron chi connectivity index (χ1n) is 5.99. The van der Waals surface area contributed by atoms with Gasteiger partial charge in [-0.15, -0.1) is 0 Å². The molecule has 0 aliphatic rings. The third-order valence-electron chi connectivity index (χ3n) is 2.68. The summed E-state index contributed by atoms with van der Waals surface area (Å²) in [5.74, 6) is 0.418. The van der Waals surface area contributed by atoms with Crippen molar-refractivity contribution in [2.75, 3.05) is 6.61 Å². The van der Waals surface area contributed by atoms with Crippen LogP contribution in [0.3, 0.4) is 0 Å². The van der Waals surface area contributed by atoms with Gasteiger partial charge in [0.05, 0.1) is 6.61 Å². The smallest absolute Gasteiger partial charge is 0.347 e. The van der Waals surface area contributed by atoms with Crippen molar-refractivity contribution in [2.24, 2.45) is 0 Å². The molecule has 3 nitrogen and oxygen atoms in total. The summed E-state index contributed by atoms with van der Waals surface area (Å²) < 4.78 is 10.6. The van der Waals surface area contributed by atoms with Crippen molar-refractivity contribution in [2.45, 2.75) is 40.2 Å². The summed E-state index contributed by atoms with van der Waals surface area (Å²) in [6.07, 6.45) is 0.0863. The van der Waals surface area contributed by atoms with E-state index in [1.807, 2.05) is 39.0 Å². The van der Waals surface area contributed by atoms with Crippen molar-refractivity contribution in [1.82, 2.24) is 0 Å². The number of hydrogen-bond donors (Lipinski definition) is 0. The highest BCUT2D eigenvalue weighted by molar-refractivity contribution is 5.75. The highest BCUT2D eigenvalue weighted by atomic mass is 16.6. The molecule has 1 aromatic carbocycles. The van der Waals surface area contributed by atoms with Gasteiger partial charge in [-0.1, -0.05) is 13.0 Å². The first-order valence-corrected chi connectivity index (χ1v) is 5.99. The van der Waals surface area contributed by atoms with E-state index in [1.165, 1.54) is 5.56 Å². The average molecular weight is 236 g/mol. The molecule has 0 aromatic heterocycles. The first-order chi connectivity index (χ1) is 8.08. The van der Waals surface area contributed by atoms with E-state index in [0.717, 1.165) is 5.56 Å². The van der Waals surface area contributed by atoms with Crippen molar-refractivity contribution in [3.63, 3.8) is 0 Å². The number of rotatable bonds is 5. The van der Waals surface area contributed by atoms with Crippen LogP contribution in [0, 0.1) is 13.8 Å². The standard InChI is InChI=1S/C14H20O3/c1-5-13(14(15)16-6-2)17-12-8-7-10(3)11(4)9-12/h7-9,13H,5-6H2,1-4H3/t13-/m0/s1. The van der Waals surface area contributed by atoms with Crippen LogP contribution in [0.15, 0.2) is 18.2 Å². The number of ether oxygens (including phenoxy) is 2. The minimum absolute atomic E-state index is 0.298. The van der Waals surface area contributed by atoms with Crippen LogP contribution in [-0.4, -0.2) is 18.7 Å². The maximum atomic E-state index is 11.6. The molecule has 0 radical (unpaired) electrons. The Morgan fingerprint density at radius 3 is 2.47 bits per heavy atom. The summed E-state index contributed by atoms with van der Waals surface area (Å²) in [5, 5.41) is 0. The fourth-order valence-electron chi connectivity index (χ4n) is 1.48. The molecule has 0 amide bonds. The summed E-state index contributed by atoms with van der Waals surface area (Å²) in [7, 11) is 0. The van der Waals surface area contributed by atoms with Gasteiger partial charge in [-0.25, -0.2) is 4.79 Å². The fraction of sp³-hybridized carbons (Fsp3) is 0.500. The lowest BCUT2D eigenvalue weighted by atomic mass is 10.1. The Morgan fingerprint density at radius 1 is 1.24 bits per heavy atom. The molecule has 17 heavy (non-hydrogen) atoms. The van der Waals surface area contributed by atoms with E-state index >= 15 is 0 Å². The van der Waals surface area contributed by atoms with Crippen molar-refractivity contribution in [3.8, 4) is 5.75 Å². The second kappa shape index (κ2) is 6.28. The van der Waals surface area contributed by atoms with Crippen LogP contribution in [0.1, 0.15) is 31.4 Å². The van der Waals surface area contributed by atoms with Gasteiger partial charge in [-0.05, 0) is 50.5 Å². The summed E-state index contributed by atoms with van der Waals surface area (Å²) in [4.78, 5) is 11.6. The van der Waals surface area contributed by atoms with Gasteiger partial charge in [0.1, 0.15) is 5.75 Å². The Hall–Kier alpha value is -1.51. The van der Waals surface area contributed by atoms with Crippen molar-refractivity contribution in [3.05, 3.63) is 29.3 Å². The van der Waals surface area contributed by atoms with Crippen LogP contribution in [0.2, 0.25) is 0 Å². The predicted molar refractivity (Wildman–Crippen MR) is 67.3 cm³/mol. The second-order valence-corrected chi connectivity index (χ2v) is 4.01. The van der Waals surface area contributed by atoms with Crippen molar-refractivity contribution < 1.29 is 14.3 Å². The van der Waals surface area contributed by atoms with Gasteiger partial charge in [-0.3, -0.25) is 0 Å². The highest BCUT2D eigenvalue weighted by Crippen LogP contribution is 2.18. The van der Waals surface area contributed by atoms with Crippen molar-refractivity contribution in [1.29, 1.82) is 0 Å². The number of benzene rings is 1. The van der Waals surface area contributed by atoms with Crippen LogP contribution in [0.5, 0.6) is 5.75 Å². The van der Waals surface area contributed by atoms with E-state index in [1.54, 1.807) is 6.92 Å². The van der Waals surface area contributed by atoms with Crippen LogP contribution in [-0.2, 0) is 9.53 Å². The number of esters is 1. The van der Waals surface area contributed by atoms with Gasteiger partial charge >= 0.3 is 5.97 Å². The molecule has 1 atom stereocenters. The molecular formula is C14H20O3. The summed E-state index contributed by atoms with van der Waals surface area (Å²) >= 11 is 0. The zero-order valence-electron chi connectivity index (χ0n) is 10.9. The third kappa shape index (κ3) is 3.77. The number of hydrogen-bond acceptors (Lipinski definition) is 3. The Balaban J connectivity index is 2.73. The normalized spacial score (nSPS) is 12.0. The van der Waals surface area contributed by atoms with Gasteiger partial charge < -0.3 is 9.47 Å². The summed E-state index contributed by atoms with van der Waals surface area (Å²) in [6, 6.07) is 5.81. The SMILES string of the molecule is CCOC(=O)[C@H](CC)Oc1ccc(C)c(C)c1. The molecular weight excluding hydrogens is 216 g/mol. The lowest BCUT2D eigenvalue weighted by molar-refractivity contribution is -0.151. The lowest BCUT2D eigenvalue weighted by Gasteiger charge is -2.16. The van der Waals surface area contributed by atoms with Gasteiger partial charge in [0, 0.05) is 0 Å². The monoisotopic (exact) mass is 236 g/mol. The Bertz CT molecular complexity index is 385. The molecule has 0 bridgehead atoms. The van der Waals surface area contributed by atoms with E-state index in [-0.39, 0.29) is 5.97 Å². The highest BCUT2D eigenvalue weighted by Gasteiger charge is 2.19. The molecule has 1 aromatic rings. The van der Waals surface area contributed by atoms with Crippen molar-refractivity contribution >= 4 is 5.97 Å². The maximum absolute atomic E-state index is 11.6. The minimum atomic E-state index is -0.517. The number of aryl methyl sites for hydroxylation is 2. The van der Waals surface area contributed by atoms with Crippen LogP contribution in [0.25, 0.3) is 0 Å². The summed E-state index contributed by atoms with van der Waals surface area (Å²) in [5.41, 5.74) is 2.36. The van der Waals surface area contributed by atoms with Gasteiger partial charge in [0.15, 0.2) is 6.10 Å². The van der Waals surface area contributed by atoms with E-state index in [4.69, 9.17) is 9.47 Å². The number of carbonyl (C=O) groups excluding carboxylic acids is 1. The molecule has 0 spiro atoms. The van der Waals surface area contributed by atoms with E-state index in [0.29, 0.717) is 18.8 Å². The molecule has 0 saturated carbocycles. The van der Waals surface area contributed by atoms with Gasteiger partial charge in [-0.2, -0.15) is 0 Å². The Kier molecular flexibility index (Phi) is 5.01. The number of carbonyl (C=O) groups is 1. The van der Waals surface area contributed by atoms with Gasteiger partial charge in [0.25, 0.3) is 0 Å². The quantitative estimate of drug-likeness (QED) is 0.737. The molecule has 94 valence electrons. The molecule has 0 fully saturated rings. The molecule has 0 saturated heterocycles. The van der Waals surface area contributed by atoms with E-state index in [2.05, 4.69) is 0 Å². The zero-order chi connectivity index (χ0) is 12.8. The fourth-order valence-corrected chi connectivity index (χ4v) is 1.48. The molecule has 0 aliphatic carbocycles. The van der Waals surface area contributed by atoms with Crippen LogP contribution >= 0.6 is 0 Å². The molecule has 0 unspecified atom stereocenters. The van der Waals surface area contributed by atoms with Crippen LogP contribution in [0.4, 0.5) is 0 Å². The molecule has 0 aliphatic heterocycles. The Labute approximate surface area is 103 Å². The lowest BCUT2D eigenvalue weighted by Crippen LogP contribution is -2.28. The molecule has 0 N–H and O–H groups in total. The first kappa shape index (κ1) is 13.6. The maximum Gasteiger partial charge on any atom is 0.347 e. The Morgan fingerprint density at radius 2 is 1.94 bits per heavy atom. The minimum Gasteiger partial charge on any atom is -0.479 e. The summed E-state index contributed by atoms with van der Waals surface area (Å²) in [6.45, 7) is 8.14. The van der Waals surface area contributed by atoms with Crippen LogP contribution < -0.4 is 4.74 Å².